The van der Waals surface area contributed by atoms with E-state index < -0.39 is 11.4 Å². The Labute approximate surface area is 173 Å². The number of hydrogen-bond acceptors (Lipinski definition) is 8. The largest absolute Gasteiger partial charge is 0.431 e. The minimum Gasteiger partial charge on any atom is -0.431 e. The lowest BCUT2D eigenvalue weighted by atomic mass is 9.99. The van der Waals surface area contributed by atoms with Crippen molar-refractivity contribution in [1.82, 2.24) is 4.98 Å². The van der Waals surface area contributed by atoms with Crippen molar-refractivity contribution in [2.75, 3.05) is 4.72 Å². The van der Waals surface area contributed by atoms with Gasteiger partial charge >= 0.3 is 5.63 Å². The number of nitrogens with one attached hydrogen (secondary N) is 1. The van der Waals surface area contributed by atoms with Crippen LogP contribution in [0, 0.1) is 12.7 Å². The third-order valence-electron chi connectivity index (χ3n) is 4.49. The second-order valence-electron chi connectivity index (χ2n) is 6.23. The van der Waals surface area contributed by atoms with Gasteiger partial charge in [-0.15, -0.1) is 0 Å². The lowest BCUT2D eigenvalue weighted by molar-refractivity contribution is 0.476. The van der Waals surface area contributed by atoms with E-state index in [4.69, 9.17) is 14.3 Å². The predicted molar refractivity (Wildman–Crippen MR) is 114 cm³/mol. The number of fused-ring (bicyclic) bond motifs is 1. The van der Waals surface area contributed by atoms with Crippen LogP contribution in [-0.2, 0) is 6.42 Å². The van der Waals surface area contributed by atoms with E-state index in [2.05, 4.69) is 9.71 Å². The first-order valence-electron chi connectivity index (χ1n) is 8.59. The van der Waals surface area contributed by atoms with Crippen molar-refractivity contribution in [3.05, 3.63) is 80.9 Å². The summed E-state index contributed by atoms with van der Waals surface area (Å²) in [7, 11) is 0. The molecule has 4 rings (SSSR count). The van der Waals surface area contributed by atoms with Crippen LogP contribution in [0.5, 0.6) is 10.9 Å². The maximum atomic E-state index is 14.7. The Balaban J connectivity index is 1.71. The van der Waals surface area contributed by atoms with Crippen LogP contribution in [0.3, 0.4) is 0 Å². The van der Waals surface area contributed by atoms with Crippen LogP contribution in [0.2, 0.25) is 0 Å². The maximum absolute atomic E-state index is 14.7. The van der Waals surface area contributed by atoms with Crippen molar-refractivity contribution >= 4 is 40.1 Å². The number of aromatic nitrogens is 1. The van der Waals surface area contributed by atoms with E-state index in [9.17, 15) is 9.18 Å². The van der Waals surface area contributed by atoms with E-state index in [1.807, 2.05) is 18.4 Å². The van der Waals surface area contributed by atoms with E-state index >= 15 is 0 Å². The summed E-state index contributed by atoms with van der Waals surface area (Å²) in [5.74, 6) is 0.0726. The van der Waals surface area contributed by atoms with Gasteiger partial charge in [0.05, 0.1) is 5.69 Å². The molecular formula is C20H16FN3O3S2. The summed E-state index contributed by atoms with van der Waals surface area (Å²) in [6.07, 6.45) is 1.76. The predicted octanol–water partition coefficient (Wildman–Crippen LogP) is 5.01. The van der Waals surface area contributed by atoms with E-state index in [1.54, 1.807) is 36.5 Å². The first-order valence-corrected chi connectivity index (χ1v) is 10.4. The van der Waals surface area contributed by atoms with Gasteiger partial charge in [-0.2, -0.15) is 0 Å². The Hall–Kier alpha value is -2.88. The number of nitrogens with zero attached hydrogens (tertiary/aromatic N) is 1. The van der Waals surface area contributed by atoms with Crippen molar-refractivity contribution in [3.8, 4) is 10.9 Å². The average Bonchev–Trinajstić information content (AvgIpc) is 3.21. The Bertz CT molecular complexity index is 1230. The number of thiazole rings is 1. The van der Waals surface area contributed by atoms with Crippen LogP contribution in [0.25, 0.3) is 11.0 Å². The molecule has 29 heavy (non-hydrogen) atoms. The molecule has 0 aliphatic heterocycles. The number of nitrogens with two attached hydrogens (primary N) is 1. The summed E-state index contributed by atoms with van der Waals surface area (Å²) in [5, 5.41) is 8.43. The number of aryl methyl sites for hydroxylation is 1. The fourth-order valence-corrected chi connectivity index (χ4v) is 3.84. The van der Waals surface area contributed by atoms with Gasteiger partial charge in [-0.3, -0.25) is 5.14 Å². The van der Waals surface area contributed by atoms with Crippen molar-refractivity contribution in [2.24, 2.45) is 5.14 Å². The number of halogens is 1. The van der Waals surface area contributed by atoms with Crippen LogP contribution in [0.15, 0.2) is 57.2 Å². The first kappa shape index (κ1) is 19.4. The molecule has 2 aromatic carbocycles. The van der Waals surface area contributed by atoms with E-state index in [1.165, 1.54) is 11.3 Å². The quantitative estimate of drug-likeness (QED) is 0.329. The van der Waals surface area contributed by atoms with Crippen LogP contribution in [-0.4, -0.2) is 4.98 Å². The zero-order valence-electron chi connectivity index (χ0n) is 15.3. The average molecular weight is 429 g/mol. The molecule has 148 valence electrons. The third-order valence-corrected chi connectivity index (χ3v) is 5.47. The first-order chi connectivity index (χ1) is 14.1. The van der Waals surface area contributed by atoms with Crippen molar-refractivity contribution in [1.29, 1.82) is 0 Å². The topological polar surface area (TPSA) is 90.4 Å². The number of ether oxygens (including phenoxy) is 1. The normalized spacial score (nSPS) is 11.0. The molecule has 0 atom stereocenters. The van der Waals surface area contributed by atoms with Gasteiger partial charge < -0.3 is 13.9 Å². The smallest absolute Gasteiger partial charge is 0.340 e. The van der Waals surface area contributed by atoms with Crippen LogP contribution >= 0.6 is 23.5 Å². The minimum absolute atomic E-state index is 0.109. The number of rotatable bonds is 6. The summed E-state index contributed by atoms with van der Waals surface area (Å²) < 4.78 is 28.5. The van der Waals surface area contributed by atoms with Crippen LogP contribution < -0.4 is 20.2 Å². The fourth-order valence-electron chi connectivity index (χ4n) is 3.05. The molecular weight excluding hydrogens is 413 g/mol. The van der Waals surface area contributed by atoms with Crippen molar-refractivity contribution < 1.29 is 13.5 Å². The van der Waals surface area contributed by atoms with Gasteiger partial charge in [0, 0.05) is 47.1 Å². The summed E-state index contributed by atoms with van der Waals surface area (Å²) in [6.45, 7) is 1.83. The Morgan fingerprint density at radius 1 is 1.34 bits per heavy atom. The highest BCUT2D eigenvalue weighted by Gasteiger charge is 2.16. The van der Waals surface area contributed by atoms with Gasteiger partial charge in [-0.25, -0.2) is 14.2 Å². The Morgan fingerprint density at radius 2 is 2.21 bits per heavy atom. The van der Waals surface area contributed by atoms with Gasteiger partial charge in [0.2, 0.25) is 0 Å². The molecule has 6 nitrogen and oxygen atoms in total. The summed E-state index contributed by atoms with van der Waals surface area (Å²) >= 11 is 2.17. The van der Waals surface area contributed by atoms with E-state index in [0.717, 1.165) is 23.1 Å². The molecule has 2 aromatic heterocycles. The third kappa shape index (κ3) is 3.98. The van der Waals surface area contributed by atoms with Crippen molar-refractivity contribution in [3.63, 3.8) is 0 Å². The second-order valence-corrected chi connectivity index (χ2v) is 7.52. The molecule has 0 amide bonds. The fraction of sp³-hybridized carbons (Fsp3) is 0.100. The molecule has 0 spiro atoms. The van der Waals surface area contributed by atoms with Gasteiger partial charge in [0.15, 0.2) is 5.82 Å². The van der Waals surface area contributed by atoms with Gasteiger partial charge in [-0.1, -0.05) is 23.5 Å². The molecule has 2 heterocycles. The maximum Gasteiger partial charge on any atom is 0.340 e. The lowest BCUT2D eigenvalue weighted by Crippen LogP contribution is -2.12. The zero-order valence-corrected chi connectivity index (χ0v) is 16.9. The molecule has 0 aliphatic carbocycles. The highest BCUT2D eigenvalue weighted by Crippen LogP contribution is 2.29. The molecule has 0 saturated carbocycles. The highest BCUT2D eigenvalue weighted by molar-refractivity contribution is 7.98. The standard InChI is InChI=1S/C20H16FN3O3S2/c1-11-14-6-5-13(26-20-23-7-8-28-20)10-17(14)27-19(25)15(11)9-12-3-2-4-16(18(12)21)24-29-22/h2-8,10,24H,9,22H2,1H3. The van der Waals surface area contributed by atoms with Crippen LogP contribution in [0.4, 0.5) is 10.1 Å². The van der Waals surface area contributed by atoms with Gasteiger partial charge in [0.25, 0.3) is 5.19 Å². The van der Waals surface area contributed by atoms with Crippen molar-refractivity contribution in [2.45, 2.75) is 13.3 Å². The molecule has 4 aromatic rings. The van der Waals surface area contributed by atoms with E-state index in [0.29, 0.717) is 27.7 Å². The molecule has 0 bridgehead atoms. The Kier molecular flexibility index (Phi) is 5.52. The number of benzene rings is 2. The SMILES string of the molecule is Cc1c(Cc2cccc(NSN)c2F)c(=O)oc2cc(Oc3nccs3)ccc12. The van der Waals surface area contributed by atoms with Gasteiger partial charge in [-0.05, 0) is 36.2 Å². The van der Waals surface area contributed by atoms with Gasteiger partial charge in [0.1, 0.15) is 11.3 Å². The monoisotopic (exact) mass is 429 g/mol. The molecule has 0 fully saturated rings. The number of hydrogen-bond donors (Lipinski definition) is 2. The Morgan fingerprint density at radius 3 is 2.97 bits per heavy atom. The minimum atomic E-state index is -0.507. The summed E-state index contributed by atoms with van der Waals surface area (Å²) in [6, 6.07) is 10.2. The molecule has 9 heteroatoms. The molecule has 0 unspecified atom stereocenters. The second kappa shape index (κ2) is 8.24. The van der Waals surface area contributed by atoms with Crippen LogP contribution in [0.1, 0.15) is 16.7 Å². The molecule has 0 aliphatic rings. The lowest BCUT2D eigenvalue weighted by Gasteiger charge is -2.11. The number of anilines is 1. The molecule has 3 N–H and O–H groups in total. The highest BCUT2D eigenvalue weighted by atomic mass is 32.2. The van der Waals surface area contributed by atoms with E-state index in [-0.39, 0.29) is 12.1 Å². The summed E-state index contributed by atoms with van der Waals surface area (Å²) in [4.78, 5) is 16.7. The molecule has 0 saturated heterocycles. The summed E-state index contributed by atoms with van der Waals surface area (Å²) in [5.41, 5.74) is 1.68. The molecule has 0 radical (unpaired) electrons. The zero-order chi connectivity index (χ0) is 20.4.